The Morgan fingerprint density at radius 3 is 2.55 bits per heavy atom. The molecule has 0 radical (unpaired) electrons. The summed E-state index contributed by atoms with van der Waals surface area (Å²) in [5, 5.41) is 3.02. The highest BCUT2D eigenvalue weighted by Gasteiger charge is 2.35. The maximum atomic E-state index is 13.1. The van der Waals surface area contributed by atoms with Crippen LogP contribution in [0.3, 0.4) is 0 Å². The largest absolute Gasteiger partial charge is 0.496 e. The van der Waals surface area contributed by atoms with Crippen molar-refractivity contribution in [3.63, 3.8) is 0 Å². The number of hydrogen-bond donors (Lipinski definition) is 1. The molecule has 0 aromatic heterocycles. The molecule has 1 saturated carbocycles. The minimum absolute atomic E-state index is 0.102. The van der Waals surface area contributed by atoms with E-state index in [4.69, 9.17) is 4.74 Å². The maximum Gasteiger partial charge on any atom is 0.255 e. The molecule has 1 aliphatic carbocycles. The molecular formula is C23H33N3O3. The Bertz CT molecular complexity index is 726. The van der Waals surface area contributed by atoms with Crippen LogP contribution in [0.1, 0.15) is 48.9 Å². The number of rotatable bonds is 7. The van der Waals surface area contributed by atoms with Crippen molar-refractivity contribution in [3.05, 3.63) is 29.8 Å². The third kappa shape index (κ3) is 4.92. The minimum Gasteiger partial charge on any atom is -0.496 e. The van der Waals surface area contributed by atoms with E-state index < -0.39 is 0 Å². The summed E-state index contributed by atoms with van der Waals surface area (Å²) in [6.07, 6.45) is 6.69. The fourth-order valence-corrected chi connectivity index (χ4v) is 4.74. The van der Waals surface area contributed by atoms with Crippen molar-refractivity contribution in [2.24, 2.45) is 11.8 Å². The van der Waals surface area contributed by atoms with Crippen LogP contribution in [0.5, 0.6) is 5.75 Å². The molecule has 3 fully saturated rings. The number of carbonyl (C=O) groups is 2. The van der Waals surface area contributed by atoms with Crippen molar-refractivity contribution in [2.75, 3.05) is 39.8 Å². The molecule has 1 aromatic rings. The summed E-state index contributed by atoms with van der Waals surface area (Å²) in [7, 11) is 1.57. The zero-order chi connectivity index (χ0) is 20.2. The minimum atomic E-state index is -0.143. The number of methoxy groups -OCH3 is 1. The smallest absolute Gasteiger partial charge is 0.255 e. The fourth-order valence-electron chi connectivity index (χ4n) is 4.74. The number of ether oxygens (including phenoxy) is 1. The number of carbonyl (C=O) groups excluding carboxylic acids is 2. The molecule has 1 N–H and O–H groups in total. The monoisotopic (exact) mass is 399 g/mol. The quantitative estimate of drug-likeness (QED) is 0.765. The molecule has 0 spiro atoms. The first-order chi connectivity index (χ1) is 14.2. The number of nitrogens with zero attached hydrogens (tertiary/aromatic N) is 2. The summed E-state index contributed by atoms with van der Waals surface area (Å²) in [5.74, 6) is 1.79. The average molecular weight is 400 g/mol. The Morgan fingerprint density at radius 2 is 1.83 bits per heavy atom. The van der Waals surface area contributed by atoms with E-state index in [2.05, 4.69) is 10.2 Å². The van der Waals surface area contributed by atoms with Gasteiger partial charge in [-0.1, -0.05) is 12.1 Å². The summed E-state index contributed by atoms with van der Waals surface area (Å²) >= 11 is 0. The Balaban J connectivity index is 1.28. The molecule has 2 saturated heterocycles. The fraction of sp³-hybridized carbons (Fsp3) is 0.652. The van der Waals surface area contributed by atoms with Crippen LogP contribution in [0.4, 0.5) is 0 Å². The van der Waals surface area contributed by atoms with E-state index in [-0.39, 0.29) is 17.9 Å². The molecule has 2 amide bonds. The molecular weight excluding hydrogens is 366 g/mol. The molecule has 6 nitrogen and oxygen atoms in total. The second kappa shape index (κ2) is 9.16. The van der Waals surface area contributed by atoms with Crippen molar-refractivity contribution in [1.82, 2.24) is 15.1 Å². The van der Waals surface area contributed by atoms with Crippen molar-refractivity contribution in [2.45, 2.75) is 44.6 Å². The molecule has 0 unspecified atom stereocenters. The van der Waals surface area contributed by atoms with Gasteiger partial charge in [-0.15, -0.1) is 0 Å². The third-order valence-electron chi connectivity index (χ3n) is 6.66. The highest BCUT2D eigenvalue weighted by atomic mass is 16.5. The van der Waals surface area contributed by atoms with Crippen LogP contribution in [0.2, 0.25) is 0 Å². The highest BCUT2D eigenvalue weighted by molar-refractivity contribution is 5.96. The zero-order valence-corrected chi connectivity index (χ0v) is 17.4. The summed E-state index contributed by atoms with van der Waals surface area (Å²) < 4.78 is 5.28. The second-order valence-corrected chi connectivity index (χ2v) is 8.76. The van der Waals surface area contributed by atoms with Gasteiger partial charge in [-0.3, -0.25) is 9.59 Å². The Kier molecular flexibility index (Phi) is 6.38. The van der Waals surface area contributed by atoms with Crippen LogP contribution in [0, 0.1) is 11.8 Å². The van der Waals surface area contributed by atoms with E-state index in [9.17, 15) is 9.59 Å². The first-order valence-electron chi connectivity index (χ1n) is 11.1. The Labute approximate surface area is 173 Å². The summed E-state index contributed by atoms with van der Waals surface area (Å²) in [6, 6.07) is 7.34. The maximum absolute atomic E-state index is 13.1. The van der Waals surface area contributed by atoms with E-state index >= 15 is 0 Å². The van der Waals surface area contributed by atoms with Crippen LogP contribution in [-0.4, -0.2) is 67.5 Å². The lowest BCUT2D eigenvalue weighted by atomic mass is 9.94. The van der Waals surface area contributed by atoms with Crippen LogP contribution in [0.25, 0.3) is 0 Å². The van der Waals surface area contributed by atoms with Gasteiger partial charge >= 0.3 is 0 Å². The molecule has 4 rings (SSSR count). The van der Waals surface area contributed by atoms with Crippen LogP contribution >= 0.6 is 0 Å². The molecule has 2 heterocycles. The third-order valence-corrected chi connectivity index (χ3v) is 6.66. The SMILES string of the molecule is COc1ccccc1C(=O)NC[C@H]1CCCN1C(=O)C1CCN(CC2CC2)CC1. The molecule has 0 bridgehead atoms. The van der Waals surface area contributed by atoms with Gasteiger partial charge in [0.25, 0.3) is 5.91 Å². The van der Waals surface area contributed by atoms with Crippen LogP contribution in [-0.2, 0) is 4.79 Å². The second-order valence-electron chi connectivity index (χ2n) is 8.76. The molecule has 1 aromatic carbocycles. The van der Waals surface area contributed by atoms with E-state index in [1.807, 2.05) is 17.0 Å². The molecule has 158 valence electrons. The summed E-state index contributed by atoms with van der Waals surface area (Å²) in [5.41, 5.74) is 0.536. The van der Waals surface area contributed by atoms with Gasteiger partial charge < -0.3 is 19.9 Å². The van der Waals surface area contributed by atoms with E-state index in [1.54, 1.807) is 19.2 Å². The zero-order valence-electron chi connectivity index (χ0n) is 17.4. The topological polar surface area (TPSA) is 61.9 Å². The van der Waals surface area contributed by atoms with Crippen molar-refractivity contribution in [3.8, 4) is 5.75 Å². The number of hydrogen-bond acceptors (Lipinski definition) is 4. The van der Waals surface area contributed by atoms with Crippen LogP contribution in [0.15, 0.2) is 24.3 Å². The van der Waals surface area contributed by atoms with Crippen molar-refractivity contribution >= 4 is 11.8 Å². The number of amides is 2. The van der Waals surface area contributed by atoms with Gasteiger partial charge in [-0.05, 0) is 69.7 Å². The molecule has 6 heteroatoms. The van der Waals surface area contributed by atoms with Gasteiger partial charge in [0.2, 0.25) is 5.91 Å². The van der Waals surface area contributed by atoms with E-state index in [0.29, 0.717) is 23.8 Å². The molecule has 29 heavy (non-hydrogen) atoms. The van der Waals surface area contributed by atoms with Crippen molar-refractivity contribution < 1.29 is 14.3 Å². The standard InChI is InChI=1S/C23H33N3O3/c1-29-21-7-3-2-6-20(21)22(27)24-15-19-5-4-12-26(19)23(28)18-10-13-25(14-11-18)16-17-8-9-17/h2-3,6-7,17-19H,4-5,8-16H2,1H3,(H,24,27)/t19-/m1/s1. The van der Waals surface area contributed by atoms with Gasteiger partial charge in [0, 0.05) is 31.6 Å². The van der Waals surface area contributed by atoms with E-state index in [0.717, 1.165) is 51.2 Å². The highest BCUT2D eigenvalue weighted by Crippen LogP contribution is 2.32. The van der Waals surface area contributed by atoms with Gasteiger partial charge in [0.1, 0.15) is 5.75 Å². The van der Waals surface area contributed by atoms with Gasteiger partial charge in [0.05, 0.1) is 12.7 Å². The molecule has 2 aliphatic heterocycles. The number of likely N-dealkylation sites (tertiary alicyclic amines) is 2. The summed E-state index contributed by atoms with van der Waals surface area (Å²) in [4.78, 5) is 30.3. The number of benzene rings is 1. The lowest BCUT2D eigenvalue weighted by molar-refractivity contribution is -0.137. The Morgan fingerprint density at radius 1 is 1.07 bits per heavy atom. The number of para-hydroxylation sites is 1. The summed E-state index contributed by atoms with van der Waals surface area (Å²) in [6.45, 7) is 4.65. The van der Waals surface area contributed by atoms with Gasteiger partial charge in [-0.2, -0.15) is 0 Å². The number of nitrogens with one attached hydrogen (secondary N) is 1. The Hall–Kier alpha value is -2.08. The average Bonchev–Trinajstić information content (AvgIpc) is 3.45. The number of piperidine rings is 1. The predicted molar refractivity (Wildman–Crippen MR) is 112 cm³/mol. The van der Waals surface area contributed by atoms with Gasteiger partial charge in [0.15, 0.2) is 0 Å². The van der Waals surface area contributed by atoms with E-state index in [1.165, 1.54) is 19.4 Å². The lowest BCUT2D eigenvalue weighted by Crippen LogP contribution is -2.47. The molecule has 3 aliphatic rings. The van der Waals surface area contributed by atoms with Gasteiger partial charge in [-0.25, -0.2) is 0 Å². The first kappa shape index (κ1) is 20.2. The predicted octanol–water partition coefficient (Wildman–Crippen LogP) is 2.54. The molecule has 1 atom stereocenters. The van der Waals surface area contributed by atoms with Crippen molar-refractivity contribution in [1.29, 1.82) is 0 Å². The first-order valence-corrected chi connectivity index (χ1v) is 11.1. The van der Waals surface area contributed by atoms with Crippen LogP contribution < -0.4 is 10.1 Å². The normalized spacial score (nSPS) is 23.2. The lowest BCUT2D eigenvalue weighted by Gasteiger charge is -2.35.